The SMILES string of the molecule is Cc1cc(OCCO)nc(C)c1-c1cccc(CNc2ccc(CC3SC(=O)[N-]C3=O)cc2)c1C.[Na+]. The van der Waals surface area contributed by atoms with Crippen LogP contribution in [0.2, 0.25) is 0 Å². The van der Waals surface area contributed by atoms with Crippen molar-refractivity contribution in [3.63, 3.8) is 0 Å². The van der Waals surface area contributed by atoms with Gasteiger partial charge in [0.1, 0.15) is 11.8 Å². The first-order valence-corrected chi connectivity index (χ1v) is 12.3. The summed E-state index contributed by atoms with van der Waals surface area (Å²) in [5, 5.41) is 15.1. The Morgan fingerprint density at radius 2 is 1.86 bits per heavy atom. The van der Waals surface area contributed by atoms with E-state index in [1.807, 2.05) is 44.2 Å². The number of pyridine rings is 1. The Kier molecular flexibility index (Phi) is 9.99. The van der Waals surface area contributed by atoms with Crippen LogP contribution in [0, 0.1) is 20.8 Å². The van der Waals surface area contributed by atoms with E-state index in [9.17, 15) is 9.59 Å². The van der Waals surface area contributed by atoms with Crippen molar-refractivity contribution >= 4 is 28.6 Å². The number of aliphatic hydroxyl groups is 1. The van der Waals surface area contributed by atoms with E-state index in [0.717, 1.165) is 45.4 Å². The Balaban J connectivity index is 0.00000361. The van der Waals surface area contributed by atoms with Gasteiger partial charge in [-0.25, -0.2) is 4.98 Å². The van der Waals surface area contributed by atoms with E-state index in [-0.39, 0.29) is 48.7 Å². The first-order chi connectivity index (χ1) is 16.9. The van der Waals surface area contributed by atoms with Gasteiger partial charge >= 0.3 is 29.6 Å². The van der Waals surface area contributed by atoms with Gasteiger partial charge in [0, 0.05) is 29.6 Å². The fourth-order valence-corrected chi connectivity index (χ4v) is 5.05. The first kappa shape index (κ1) is 28.2. The van der Waals surface area contributed by atoms with Crippen molar-refractivity contribution in [3.8, 4) is 17.0 Å². The summed E-state index contributed by atoms with van der Waals surface area (Å²) < 4.78 is 5.50. The zero-order chi connectivity index (χ0) is 24.9. The van der Waals surface area contributed by atoms with E-state index in [4.69, 9.17) is 9.84 Å². The molecule has 0 saturated carbocycles. The second-order valence-corrected chi connectivity index (χ2v) is 9.63. The molecular formula is C27H28N3NaO4S. The van der Waals surface area contributed by atoms with Crippen molar-refractivity contribution in [2.24, 2.45) is 0 Å². The minimum atomic E-state index is -0.414. The van der Waals surface area contributed by atoms with Crippen LogP contribution in [0.4, 0.5) is 10.5 Å². The molecule has 1 aliphatic heterocycles. The fourth-order valence-electron chi connectivity index (χ4n) is 4.23. The molecule has 1 aliphatic rings. The van der Waals surface area contributed by atoms with Gasteiger partial charge < -0.3 is 30.1 Å². The third-order valence-electron chi connectivity index (χ3n) is 6.01. The second kappa shape index (κ2) is 12.7. The minimum Gasteiger partial charge on any atom is -0.585 e. The number of imide groups is 1. The molecule has 36 heavy (non-hydrogen) atoms. The molecule has 0 bridgehead atoms. The number of ether oxygens (including phenoxy) is 1. The molecule has 1 saturated heterocycles. The van der Waals surface area contributed by atoms with Gasteiger partial charge in [-0.15, -0.1) is 0 Å². The molecule has 4 rings (SSSR count). The number of aryl methyl sites for hydroxylation is 2. The average Bonchev–Trinajstić information content (AvgIpc) is 3.14. The van der Waals surface area contributed by atoms with Crippen LogP contribution in [0.15, 0.2) is 48.5 Å². The van der Waals surface area contributed by atoms with Crippen molar-refractivity contribution in [1.29, 1.82) is 0 Å². The van der Waals surface area contributed by atoms with Crippen LogP contribution in [0.3, 0.4) is 0 Å². The Hall–Kier alpha value is -2.36. The van der Waals surface area contributed by atoms with Gasteiger partial charge in [0.25, 0.3) is 0 Å². The molecule has 2 aromatic carbocycles. The molecule has 2 N–H and O–H groups in total. The summed E-state index contributed by atoms with van der Waals surface area (Å²) >= 11 is 0.995. The summed E-state index contributed by atoms with van der Waals surface area (Å²) in [5.41, 5.74) is 8.51. The molecule has 7 nitrogen and oxygen atoms in total. The number of amides is 2. The van der Waals surface area contributed by atoms with Crippen molar-refractivity contribution in [1.82, 2.24) is 4.98 Å². The van der Waals surface area contributed by atoms with E-state index in [0.29, 0.717) is 18.8 Å². The third-order valence-corrected chi connectivity index (χ3v) is 6.95. The molecule has 0 aliphatic carbocycles. The molecule has 182 valence electrons. The number of carbonyl (C=O) groups is 2. The van der Waals surface area contributed by atoms with Crippen molar-refractivity contribution in [3.05, 3.63) is 81.8 Å². The summed E-state index contributed by atoms with van der Waals surface area (Å²) in [6.45, 7) is 6.97. The molecule has 0 radical (unpaired) electrons. The monoisotopic (exact) mass is 513 g/mol. The summed E-state index contributed by atoms with van der Waals surface area (Å²) in [7, 11) is 0. The molecule has 1 atom stereocenters. The maximum atomic E-state index is 11.7. The average molecular weight is 514 g/mol. The second-order valence-electron chi connectivity index (χ2n) is 8.48. The Morgan fingerprint density at radius 1 is 1.11 bits per heavy atom. The number of anilines is 1. The number of nitrogens with zero attached hydrogens (tertiary/aromatic N) is 2. The van der Waals surface area contributed by atoms with Gasteiger partial charge in [0.2, 0.25) is 5.88 Å². The van der Waals surface area contributed by atoms with Crippen molar-refractivity contribution in [2.75, 3.05) is 18.5 Å². The number of hydrogen-bond donors (Lipinski definition) is 2. The number of aromatic nitrogens is 1. The van der Waals surface area contributed by atoms with E-state index >= 15 is 0 Å². The van der Waals surface area contributed by atoms with Gasteiger partial charge in [0.15, 0.2) is 0 Å². The van der Waals surface area contributed by atoms with E-state index in [1.54, 1.807) is 0 Å². The summed E-state index contributed by atoms with van der Waals surface area (Å²) in [5.74, 6) is 0.180. The molecule has 2 heterocycles. The smallest absolute Gasteiger partial charge is 0.585 e. The summed E-state index contributed by atoms with van der Waals surface area (Å²) in [6, 6.07) is 16.1. The van der Waals surface area contributed by atoms with Gasteiger partial charge in [-0.05, 0) is 67.1 Å². The van der Waals surface area contributed by atoms with Crippen LogP contribution in [0.1, 0.15) is 27.9 Å². The number of thioether (sulfide) groups is 1. The molecule has 1 fully saturated rings. The largest absolute Gasteiger partial charge is 1.00 e. The van der Waals surface area contributed by atoms with Gasteiger partial charge in [-0.1, -0.05) is 42.1 Å². The number of benzene rings is 2. The third kappa shape index (κ3) is 6.69. The molecule has 1 unspecified atom stereocenters. The minimum absolute atomic E-state index is 0. The fraction of sp³-hybridized carbons (Fsp3) is 0.296. The van der Waals surface area contributed by atoms with Crippen molar-refractivity contribution in [2.45, 2.75) is 39.0 Å². The predicted molar refractivity (Wildman–Crippen MR) is 139 cm³/mol. The Bertz CT molecular complexity index is 1230. The summed E-state index contributed by atoms with van der Waals surface area (Å²) in [6.07, 6.45) is 0.497. The summed E-state index contributed by atoms with van der Waals surface area (Å²) in [4.78, 5) is 27.6. The molecule has 1 aromatic heterocycles. The number of aliphatic hydroxyl groups excluding tert-OH is 1. The zero-order valence-electron chi connectivity index (χ0n) is 21.0. The number of nitrogens with one attached hydrogen (secondary N) is 1. The molecule has 3 aromatic rings. The molecule has 9 heteroatoms. The number of rotatable bonds is 9. The van der Waals surface area contributed by atoms with Gasteiger partial charge in [-0.2, -0.15) is 0 Å². The van der Waals surface area contributed by atoms with Gasteiger partial charge in [0.05, 0.1) is 17.8 Å². The van der Waals surface area contributed by atoms with Crippen LogP contribution >= 0.6 is 11.8 Å². The van der Waals surface area contributed by atoms with E-state index in [1.165, 1.54) is 11.1 Å². The first-order valence-electron chi connectivity index (χ1n) is 11.5. The van der Waals surface area contributed by atoms with Crippen LogP contribution in [0.25, 0.3) is 16.4 Å². The normalized spacial score (nSPS) is 14.8. The predicted octanol–water partition coefficient (Wildman–Crippen LogP) is 2.34. The zero-order valence-corrected chi connectivity index (χ0v) is 23.8. The number of hydrogen-bond acceptors (Lipinski definition) is 7. The Labute approximate surface area is 237 Å². The van der Waals surface area contributed by atoms with E-state index in [2.05, 4.69) is 40.7 Å². The van der Waals surface area contributed by atoms with E-state index < -0.39 is 10.5 Å². The quantitative estimate of drug-likeness (QED) is 0.424. The molecule has 0 spiro atoms. The molecule has 2 amide bonds. The standard InChI is InChI=1S/C27H29N3O4S.Na/c1-16-13-24(34-12-11-31)29-18(3)25(16)22-6-4-5-20(17(22)2)15-28-21-9-7-19(8-10-21)14-23-26(32)30-27(33)35-23;/h4-10,13,23,28,31H,11-12,14-15H2,1-3H3,(H,30,32,33);/q;+1/p-1. The Morgan fingerprint density at radius 3 is 2.50 bits per heavy atom. The van der Waals surface area contributed by atoms with Gasteiger partial charge in [-0.3, -0.25) is 0 Å². The topological polar surface area (TPSA) is 103 Å². The van der Waals surface area contributed by atoms with Crippen LogP contribution in [-0.2, 0) is 17.8 Å². The molecular weight excluding hydrogens is 485 g/mol. The van der Waals surface area contributed by atoms with Crippen LogP contribution in [0.5, 0.6) is 5.88 Å². The maximum absolute atomic E-state index is 11.7. The van der Waals surface area contributed by atoms with Crippen LogP contribution in [-0.4, -0.2) is 39.7 Å². The maximum Gasteiger partial charge on any atom is 1.00 e. The van der Waals surface area contributed by atoms with Crippen LogP contribution < -0.4 is 39.6 Å². The number of carbonyl (C=O) groups excluding carboxylic acids is 2. The van der Waals surface area contributed by atoms with Crippen molar-refractivity contribution < 1.29 is 49.0 Å².